The van der Waals surface area contributed by atoms with Crippen LogP contribution in [0.25, 0.3) is 0 Å². The number of benzene rings is 1. The predicted molar refractivity (Wildman–Crippen MR) is 89.2 cm³/mol. The van der Waals surface area contributed by atoms with Crippen LogP contribution in [0.2, 0.25) is 0 Å². The number of imide groups is 1. The Labute approximate surface area is 146 Å². The number of hydrogen-bond donors (Lipinski definition) is 1. The maximum Gasteiger partial charge on any atom is 0.243 e. The highest BCUT2D eigenvalue weighted by atomic mass is 16.5. The zero-order chi connectivity index (χ0) is 18.0. The Morgan fingerprint density at radius 3 is 2.40 bits per heavy atom. The van der Waals surface area contributed by atoms with Crippen molar-refractivity contribution in [1.29, 1.82) is 0 Å². The fourth-order valence-corrected chi connectivity index (χ4v) is 3.01. The van der Waals surface area contributed by atoms with Gasteiger partial charge in [-0.15, -0.1) is 0 Å². The largest absolute Gasteiger partial charge is 0.490 e. The second kappa shape index (κ2) is 7.13. The summed E-state index contributed by atoms with van der Waals surface area (Å²) < 4.78 is 11.3. The molecule has 3 amide bonds. The van der Waals surface area contributed by atoms with Crippen LogP contribution in [0.4, 0.5) is 0 Å². The van der Waals surface area contributed by atoms with Gasteiger partial charge in [-0.25, -0.2) is 0 Å². The number of carbonyl (C=O) groups excluding carboxylic acids is 3. The van der Waals surface area contributed by atoms with Crippen LogP contribution in [0.15, 0.2) is 18.2 Å². The number of likely N-dealkylation sites (tertiary alicyclic amines) is 1. The van der Waals surface area contributed by atoms with Gasteiger partial charge in [0, 0.05) is 19.3 Å². The summed E-state index contributed by atoms with van der Waals surface area (Å²) in [6, 6.07) is 4.44. The van der Waals surface area contributed by atoms with Crippen molar-refractivity contribution < 1.29 is 23.9 Å². The molecule has 1 aromatic carbocycles. The number of rotatable bonds is 4. The van der Waals surface area contributed by atoms with E-state index < -0.39 is 6.04 Å². The molecular formula is C18H22N2O5. The summed E-state index contributed by atoms with van der Waals surface area (Å²) in [7, 11) is 0. The number of hydrogen-bond acceptors (Lipinski definition) is 5. The van der Waals surface area contributed by atoms with E-state index in [2.05, 4.69) is 5.32 Å². The minimum atomic E-state index is -0.814. The predicted octanol–water partition coefficient (Wildman–Crippen LogP) is 1.56. The third kappa shape index (κ3) is 3.60. The van der Waals surface area contributed by atoms with E-state index in [1.165, 1.54) is 0 Å². The van der Waals surface area contributed by atoms with Crippen molar-refractivity contribution in [2.45, 2.75) is 45.2 Å². The van der Waals surface area contributed by atoms with Crippen molar-refractivity contribution in [1.82, 2.24) is 10.2 Å². The van der Waals surface area contributed by atoms with Gasteiger partial charge in [0.05, 0.1) is 19.3 Å². The van der Waals surface area contributed by atoms with Crippen molar-refractivity contribution in [3.05, 3.63) is 23.8 Å². The Kier molecular flexibility index (Phi) is 4.92. The minimum absolute atomic E-state index is 0.175. The molecule has 2 atom stereocenters. The van der Waals surface area contributed by atoms with Gasteiger partial charge < -0.3 is 14.8 Å². The summed E-state index contributed by atoms with van der Waals surface area (Å²) >= 11 is 0. The molecule has 0 bridgehead atoms. The van der Waals surface area contributed by atoms with Gasteiger partial charge >= 0.3 is 0 Å². The van der Waals surface area contributed by atoms with Gasteiger partial charge in [-0.05, 0) is 31.5 Å². The van der Waals surface area contributed by atoms with Crippen LogP contribution in [0, 0.1) is 0 Å². The average Bonchev–Trinajstić information content (AvgIpc) is 2.80. The molecule has 1 N–H and O–H groups in total. The van der Waals surface area contributed by atoms with Gasteiger partial charge in [-0.2, -0.15) is 0 Å². The lowest BCUT2D eigenvalue weighted by Crippen LogP contribution is -2.48. The fourth-order valence-electron chi connectivity index (χ4n) is 3.01. The van der Waals surface area contributed by atoms with Gasteiger partial charge in [0.15, 0.2) is 11.5 Å². The molecule has 2 heterocycles. The molecule has 7 heteroatoms. The molecule has 1 fully saturated rings. The molecule has 0 spiro atoms. The summed E-state index contributed by atoms with van der Waals surface area (Å²) in [4.78, 5) is 37.0. The van der Waals surface area contributed by atoms with Gasteiger partial charge in [-0.3, -0.25) is 19.3 Å². The van der Waals surface area contributed by atoms with Crippen LogP contribution in [0.3, 0.4) is 0 Å². The molecule has 2 unspecified atom stereocenters. The van der Waals surface area contributed by atoms with Crippen LogP contribution in [-0.4, -0.2) is 41.9 Å². The molecule has 0 saturated carbocycles. The summed E-state index contributed by atoms with van der Waals surface area (Å²) in [6.07, 6.45) is 1.17. The lowest BCUT2D eigenvalue weighted by molar-refractivity contribution is -0.146. The molecular weight excluding hydrogens is 324 g/mol. The third-order valence-corrected chi connectivity index (χ3v) is 4.49. The summed E-state index contributed by atoms with van der Waals surface area (Å²) in [5.41, 5.74) is 0.865. The van der Waals surface area contributed by atoms with Crippen LogP contribution >= 0.6 is 0 Å². The summed E-state index contributed by atoms with van der Waals surface area (Å²) in [6.45, 7) is 4.62. The van der Waals surface area contributed by atoms with E-state index in [9.17, 15) is 14.4 Å². The van der Waals surface area contributed by atoms with Crippen molar-refractivity contribution >= 4 is 17.7 Å². The number of nitrogens with zero attached hydrogens (tertiary/aromatic N) is 1. The maximum absolute atomic E-state index is 12.4. The van der Waals surface area contributed by atoms with E-state index in [-0.39, 0.29) is 36.6 Å². The van der Waals surface area contributed by atoms with Crippen molar-refractivity contribution in [3.8, 4) is 11.5 Å². The van der Waals surface area contributed by atoms with Crippen LogP contribution < -0.4 is 14.8 Å². The average molecular weight is 346 g/mol. The molecule has 0 radical (unpaired) electrons. The SMILES string of the molecule is CC(NC(=O)C(C)N1C(=O)CCC1=O)c1ccc2c(c1)OCCCO2. The number of nitrogens with one attached hydrogen (secondary N) is 1. The fraction of sp³-hybridized carbons (Fsp3) is 0.500. The van der Waals surface area contributed by atoms with Crippen LogP contribution in [0.5, 0.6) is 11.5 Å². The second-order valence-corrected chi connectivity index (χ2v) is 6.32. The van der Waals surface area contributed by atoms with E-state index >= 15 is 0 Å². The minimum Gasteiger partial charge on any atom is -0.490 e. The van der Waals surface area contributed by atoms with Gasteiger partial charge in [0.1, 0.15) is 6.04 Å². The highest BCUT2D eigenvalue weighted by Gasteiger charge is 2.36. The molecule has 0 aromatic heterocycles. The van der Waals surface area contributed by atoms with E-state index in [1.54, 1.807) is 6.92 Å². The Morgan fingerprint density at radius 2 is 1.72 bits per heavy atom. The molecule has 3 rings (SSSR count). The van der Waals surface area contributed by atoms with E-state index in [0.29, 0.717) is 24.7 Å². The molecule has 1 aromatic rings. The highest BCUT2D eigenvalue weighted by Crippen LogP contribution is 2.32. The first-order valence-corrected chi connectivity index (χ1v) is 8.52. The Balaban J connectivity index is 1.68. The molecule has 0 aliphatic carbocycles. The number of carbonyl (C=O) groups is 3. The third-order valence-electron chi connectivity index (χ3n) is 4.49. The molecule has 7 nitrogen and oxygen atoms in total. The second-order valence-electron chi connectivity index (χ2n) is 6.32. The normalized spacial score (nSPS) is 19.4. The summed E-state index contributed by atoms with van der Waals surface area (Å²) in [5.74, 6) is 0.408. The Morgan fingerprint density at radius 1 is 1.08 bits per heavy atom. The molecule has 2 aliphatic heterocycles. The van der Waals surface area contributed by atoms with Crippen LogP contribution in [-0.2, 0) is 14.4 Å². The van der Waals surface area contributed by atoms with Crippen LogP contribution in [0.1, 0.15) is 44.7 Å². The van der Waals surface area contributed by atoms with Crippen molar-refractivity contribution in [2.24, 2.45) is 0 Å². The zero-order valence-corrected chi connectivity index (χ0v) is 14.4. The monoisotopic (exact) mass is 346 g/mol. The zero-order valence-electron chi connectivity index (χ0n) is 14.4. The quantitative estimate of drug-likeness (QED) is 0.837. The number of fused-ring (bicyclic) bond motifs is 1. The topological polar surface area (TPSA) is 84.9 Å². The molecule has 1 saturated heterocycles. The first kappa shape index (κ1) is 17.3. The molecule has 2 aliphatic rings. The number of amides is 3. The van der Waals surface area contributed by atoms with Crippen molar-refractivity contribution in [3.63, 3.8) is 0 Å². The van der Waals surface area contributed by atoms with Gasteiger partial charge in [-0.1, -0.05) is 6.07 Å². The Hall–Kier alpha value is -2.57. The lowest BCUT2D eigenvalue weighted by atomic mass is 10.1. The van der Waals surface area contributed by atoms with E-state index in [4.69, 9.17) is 9.47 Å². The van der Waals surface area contributed by atoms with Gasteiger partial charge in [0.2, 0.25) is 17.7 Å². The molecule has 134 valence electrons. The van der Waals surface area contributed by atoms with Crippen molar-refractivity contribution in [2.75, 3.05) is 13.2 Å². The Bertz CT molecular complexity index is 687. The first-order chi connectivity index (χ1) is 12.0. The van der Waals surface area contributed by atoms with E-state index in [0.717, 1.165) is 16.9 Å². The standard InChI is InChI=1S/C18H22N2O5/c1-11(13-4-5-14-15(10-13)25-9-3-8-24-14)19-18(23)12(2)20-16(21)6-7-17(20)22/h4-5,10-12H,3,6-9H2,1-2H3,(H,19,23). The smallest absolute Gasteiger partial charge is 0.243 e. The molecule has 25 heavy (non-hydrogen) atoms. The van der Waals surface area contributed by atoms with E-state index in [1.807, 2.05) is 25.1 Å². The number of ether oxygens (including phenoxy) is 2. The maximum atomic E-state index is 12.4. The lowest BCUT2D eigenvalue weighted by Gasteiger charge is -2.24. The first-order valence-electron chi connectivity index (χ1n) is 8.52. The van der Waals surface area contributed by atoms with Gasteiger partial charge in [0.25, 0.3) is 0 Å². The summed E-state index contributed by atoms with van der Waals surface area (Å²) in [5, 5.41) is 2.85. The highest BCUT2D eigenvalue weighted by molar-refractivity contribution is 6.05.